The topological polar surface area (TPSA) is 68.2 Å². The highest BCUT2D eigenvalue weighted by atomic mass is 16.5. The number of aliphatic hydroxyl groups excluding tert-OH is 1. The molecule has 5 heteroatoms. The van der Waals surface area contributed by atoms with Gasteiger partial charge in [0.2, 0.25) is 0 Å². The Kier molecular flexibility index (Phi) is 7.33. The SMILES string of the molecule is CCCOc1cc(CC(O)O)cc(Oc2cccc(C3C=CC(OC)=CC3)c2)c1. The van der Waals surface area contributed by atoms with Crippen molar-refractivity contribution in [2.24, 2.45) is 0 Å². The first-order valence-electron chi connectivity index (χ1n) is 9.90. The van der Waals surface area contributed by atoms with E-state index in [0.717, 1.165) is 35.5 Å². The molecule has 0 bridgehead atoms. The molecule has 1 aliphatic rings. The Morgan fingerprint density at radius 1 is 1.07 bits per heavy atom. The zero-order chi connectivity index (χ0) is 20.6. The van der Waals surface area contributed by atoms with Crippen LogP contribution in [0.4, 0.5) is 0 Å². The molecule has 2 aromatic carbocycles. The maximum absolute atomic E-state index is 9.32. The van der Waals surface area contributed by atoms with Crippen molar-refractivity contribution in [2.75, 3.05) is 13.7 Å². The van der Waals surface area contributed by atoms with Crippen LogP contribution < -0.4 is 9.47 Å². The zero-order valence-electron chi connectivity index (χ0n) is 16.9. The van der Waals surface area contributed by atoms with Gasteiger partial charge in [-0.15, -0.1) is 0 Å². The summed E-state index contributed by atoms with van der Waals surface area (Å²) in [5, 5.41) is 18.6. The number of aliphatic hydroxyl groups is 2. The molecule has 1 aliphatic carbocycles. The van der Waals surface area contributed by atoms with Gasteiger partial charge in [-0.1, -0.05) is 25.1 Å². The number of hydrogen-bond donors (Lipinski definition) is 2. The van der Waals surface area contributed by atoms with Crippen LogP contribution in [0, 0.1) is 0 Å². The van der Waals surface area contributed by atoms with E-state index in [4.69, 9.17) is 14.2 Å². The Morgan fingerprint density at radius 3 is 2.59 bits per heavy atom. The van der Waals surface area contributed by atoms with Crippen molar-refractivity contribution in [3.63, 3.8) is 0 Å². The van der Waals surface area contributed by atoms with Crippen LogP contribution in [0.5, 0.6) is 17.2 Å². The van der Waals surface area contributed by atoms with Crippen LogP contribution in [-0.4, -0.2) is 30.2 Å². The molecule has 2 N–H and O–H groups in total. The summed E-state index contributed by atoms with van der Waals surface area (Å²) in [7, 11) is 1.67. The van der Waals surface area contributed by atoms with Gasteiger partial charge < -0.3 is 24.4 Å². The summed E-state index contributed by atoms with van der Waals surface area (Å²) in [6.45, 7) is 2.62. The monoisotopic (exact) mass is 396 g/mol. The van der Waals surface area contributed by atoms with E-state index >= 15 is 0 Å². The summed E-state index contributed by atoms with van der Waals surface area (Å²) >= 11 is 0. The van der Waals surface area contributed by atoms with E-state index in [2.05, 4.69) is 18.2 Å². The Morgan fingerprint density at radius 2 is 1.90 bits per heavy atom. The smallest absolute Gasteiger partial charge is 0.155 e. The lowest BCUT2D eigenvalue weighted by Crippen LogP contribution is -2.08. The van der Waals surface area contributed by atoms with E-state index in [1.807, 2.05) is 43.3 Å². The Labute approximate surface area is 171 Å². The first-order valence-corrected chi connectivity index (χ1v) is 9.90. The predicted molar refractivity (Wildman–Crippen MR) is 112 cm³/mol. The molecule has 1 atom stereocenters. The van der Waals surface area contributed by atoms with E-state index in [9.17, 15) is 10.2 Å². The van der Waals surface area contributed by atoms with Crippen molar-refractivity contribution in [3.8, 4) is 17.2 Å². The lowest BCUT2D eigenvalue weighted by atomic mass is 9.92. The molecule has 29 heavy (non-hydrogen) atoms. The molecule has 5 nitrogen and oxygen atoms in total. The second-order valence-corrected chi connectivity index (χ2v) is 7.03. The van der Waals surface area contributed by atoms with Crippen molar-refractivity contribution < 1.29 is 24.4 Å². The summed E-state index contributed by atoms with van der Waals surface area (Å²) in [5.74, 6) is 3.14. The highest BCUT2D eigenvalue weighted by Gasteiger charge is 2.13. The minimum Gasteiger partial charge on any atom is -0.497 e. The van der Waals surface area contributed by atoms with E-state index < -0.39 is 6.29 Å². The molecule has 0 fully saturated rings. The third kappa shape index (κ3) is 6.11. The quantitative estimate of drug-likeness (QED) is 0.602. The largest absolute Gasteiger partial charge is 0.497 e. The number of methoxy groups -OCH3 is 1. The first kappa shape index (κ1) is 21.0. The van der Waals surface area contributed by atoms with Gasteiger partial charge >= 0.3 is 0 Å². The minimum absolute atomic E-state index is 0.112. The summed E-state index contributed by atoms with van der Waals surface area (Å²) in [6, 6.07) is 13.4. The van der Waals surface area contributed by atoms with E-state index in [0.29, 0.717) is 18.1 Å². The standard InChI is InChI=1S/C24H28O5/c1-3-11-28-22-12-17(14-24(25)26)13-23(16-22)29-21-6-4-5-19(15-21)18-7-9-20(27-2)10-8-18/h4-7,9-10,12-13,15-16,18,24-26H,3,8,11,14H2,1-2H3. The van der Waals surface area contributed by atoms with Gasteiger partial charge in [-0.05, 0) is 60.4 Å². The van der Waals surface area contributed by atoms with Crippen LogP contribution in [0.15, 0.2) is 66.5 Å². The second kappa shape index (κ2) is 10.1. The molecule has 0 radical (unpaired) electrons. The van der Waals surface area contributed by atoms with Crippen molar-refractivity contribution in [2.45, 2.75) is 38.4 Å². The molecule has 0 saturated carbocycles. The van der Waals surface area contributed by atoms with Gasteiger partial charge in [0, 0.05) is 18.4 Å². The number of allylic oxidation sites excluding steroid dienone is 3. The second-order valence-electron chi connectivity index (χ2n) is 7.03. The van der Waals surface area contributed by atoms with Crippen LogP contribution in [-0.2, 0) is 11.2 Å². The van der Waals surface area contributed by atoms with Gasteiger partial charge in [0.05, 0.1) is 13.7 Å². The van der Waals surface area contributed by atoms with Gasteiger partial charge in [-0.2, -0.15) is 0 Å². The molecule has 0 heterocycles. The van der Waals surface area contributed by atoms with Crippen molar-refractivity contribution in [1.29, 1.82) is 0 Å². The molecule has 0 amide bonds. The fraction of sp³-hybridized carbons (Fsp3) is 0.333. The summed E-state index contributed by atoms with van der Waals surface area (Å²) < 4.78 is 17.1. The van der Waals surface area contributed by atoms with Crippen molar-refractivity contribution in [3.05, 3.63) is 77.6 Å². The number of rotatable bonds is 9. The fourth-order valence-corrected chi connectivity index (χ4v) is 3.27. The zero-order valence-corrected chi connectivity index (χ0v) is 16.9. The summed E-state index contributed by atoms with van der Waals surface area (Å²) in [6.07, 6.45) is 6.66. The molecular formula is C24H28O5. The third-order valence-electron chi connectivity index (χ3n) is 4.65. The van der Waals surface area contributed by atoms with Crippen molar-refractivity contribution in [1.82, 2.24) is 0 Å². The van der Waals surface area contributed by atoms with Crippen LogP contribution in [0.3, 0.4) is 0 Å². The van der Waals surface area contributed by atoms with Gasteiger partial charge in [-0.3, -0.25) is 0 Å². The van der Waals surface area contributed by atoms with Crippen LogP contribution >= 0.6 is 0 Å². The molecule has 0 aromatic heterocycles. The lowest BCUT2D eigenvalue weighted by Gasteiger charge is -2.17. The maximum atomic E-state index is 9.32. The maximum Gasteiger partial charge on any atom is 0.155 e. The predicted octanol–water partition coefficient (Wildman–Crippen LogP) is 4.69. The Balaban J connectivity index is 1.78. The number of ether oxygens (including phenoxy) is 3. The van der Waals surface area contributed by atoms with Gasteiger partial charge in [-0.25, -0.2) is 0 Å². The average molecular weight is 396 g/mol. The van der Waals surface area contributed by atoms with Gasteiger partial charge in [0.1, 0.15) is 23.0 Å². The number of benzene rings is 2. The average Bonchev–Trinajstić information content (AvgIpc) is 2.72. The Bertz CT molecular complexity index is 869. The summed E-state index contributed by atoms with van der Waals surface area (Å²) in [4.78, 5) is 0. The summed E-state index contributed by atoms with van der Waals surface area (Å²) in [5.41, 5.74) is 1.90. The van der Waals surface area contributed by atoms with E-state index in [1.54, 1.807) is 13.2 Å². The highest BCUT2D eigenvalue weighted by molar-refractivity contribution is 5.43. The molecule has 2 aromatic rings. The lowest BCUT2D eigenvalue weighted by molar-refractivity contribution is -0.0381. The van der Waals surface area contributed by atoms with Crippen LogP contribution in [0.1, 0.15) is 36.8 Å². The van der Waals surface area contributed by atoms with Crippen LogP contribution in [0.25, 0.3) is 0 Å². The van der Waals surface area contributed by atoms with Crippen LogP contribution in [0.2, 0.25) is 0 Å². The van der Waals surface area contributed by atoms with Gasteiger partial charge in [0.15, 0.2) is 6.29 Å². The highest BCUT2D eigenvalue weighted by Crippen LogP contribution is 2.32. The van der Waals surface area contributed by atoms with Crippen molar-refractivity contribution >= 4 is 0 Å². The molecule has 1 unspecified atom stereocenters. The molecule has 154 valence electrons. The normalized spacial score (nSPS) is 15.9. The molecule has 0 spiro atoms. The first-order chi connectivity index (χ1) is 14.1. The van der Waals surface area contributed by atoms with E-state index in [1.165, 1.54) is 0 Å². The third-order valence-corrected chi connectivity index (χ3v) is 4.65. The fourth-order valence-electron chi connectivity index (χ4n) is 3.27. The molecule has 0 saturated heterocycles. The molecular weight excluding hydrogens is 368 g/mol. The molecule has 0 aliphatic heterocycles. The van der Waals surface area contributed by atoms with Gasteiger partial charge in [0.25, 0.3) is 0 Å². The Hall–Kier alpha value is -2.76. The number of hydrogen-bond acceptors (Lipinski definition) is 5. The molecule has 3 rings (SSSR count). The van der Waals surface area contributed by atoms with E-state index in [-0.39, 0.29) is 12.3 Å². The minimum atomic E-state index is -1.42.